The predicted octanol–water partition coefficient (Wildman–Crippen LogP) is 0.569. The van der Waals surface area contributed by atoms with Gasteiger partial charge in [-0.05, 0) is 45.5 Å². The lowest BCUT2D eigenvalue weighted by molar-refractivity contribution is 0.353. The van der Waals surface area contributed by atoms with Crippen molar-refractivity contribution in [3.63, 3.8) is 0 Å². The smallest absolute Gasteiger partial charge is 0.240 e. The Morgan fingerprint density at radius 3 is 2.41 bits per heavy atom. The van der Waals surface area contributed by atoms with Crippen molar-refractivity contribution < 1.29 is 16.8 Å². The first-order valence-electron chi connectivity index (χ1n) is 8.80. The molecule has 2 rings (SSSR count). The molecule has 0 bridgehead atoms. The number of benzene rings is 1. The molecule has 8 nitrogen and oxygen atoms in total. The first-order chi connectivity index (χ1) is 12.5. The summed E-state index contributed by atoms with van der Waals surface area (Å²) in [5.41, 5.74) is 0.865. The molecule has 0 unspecified atom stereocenters. The Hall–Kier alpha value is -1.65. The Bertz CT molecular complexity index is 891. The third kappa shape index (κ3) is 4.99. The second-order valence-corrected chi connectivity index (χ2v) is 11.7. The third-order valence-electron chi connectivity index (χ3n) is 4.59. The van der Waals surface area contributed by atoms with Crippen LogP contribution >= 0.6 is 0 Å². The Labute approximate surface area is 162 Å². The molecule has 1 saturated heterocycles. The van der Waals surface area contributed by atoms with E-state index in [1.165, 1.54) is 7.05 Å². The topological polar surface area (TPSA) is 108 Å². The fourth-order valence-electron chi connectivity index (χ4n) is 2.81. The highest BCUT2D eigenvalue weighted by atomic mass is 32.2. The average molecular weight is 417 g/mol. The molecule has 0 atom stereocenters. The molecule has 10 heteroatoms. The van der Waals surface area contributed by atoms with Crippen molar-refractivity contribution in [2.24, 2.45) is 4.99 Å². The quantitative estimate of drug-likeness (QED) is 0.537. The molecule has 0 aromatic heterocycles. The van der Waals surface area contributed by atoms with Crippen LogP contribution in [0.15, 0.2) is 34.2 Å². The van der Waals surface area contributed by atoms with Crippen molar-refractivity contribution in [3.05, 3.63) is 29.8 Å². The highest BCUT2D eigenvalue weighted by Crippen LogP contribution is 2.23. The molecule has 0 aliphatic carbocycles. The van der Waals surface area contributed by atoms with Crippen LogP contribution in [0.1, 0.15) is 26.3 Å². The van der Waals surface area contributed by atoms with Crippen molar-refractivity contribution in [2.75, 3.05) is 32.4 Å². The van der Waals surface area contributed by atoms with E-state index in [1.54, 1.807) is 38.1 Å². The van der Waals surface area contributed by atoms with E-state index in [-0.39, 0.29) is 10.6 Å². The number of aliphatic imine (C=N–C) groups is 1. The molecule has 0 amide bonds. The van der Waals surface area contributed by atoms with Crippen molar-refractivity contribution in [1.29, 1.82) is 0 Å². The Kier molecular flexibility index (Phi) is 6.54. The van der Waals surface area contributed by atoms with Crippen LogP contribution < -0.4 is 10.0 Å². The van der Waals surface area contributed by atoms with Crippen LogP contribution in [-0.4, -0.2) is 64.9 Å². The van der Waals surface area contributed by atoms with Crippen LogP contribution in [0.5, 0.6) is 0 Å². The van der Waals surface area contributed by atoms with E-state index in [0.29, 0.717) is 32.1 Å². The van der Waals surface area contributed by atoms with E-state index in [4.69, 9.17) is 0 Å². The first-order valence-corrected chi connectivity index (χ1v) is 11.9. The van der Waals surface area contributed by atoms with Crippen LogP contribution in [0.3, 0.4) is 0 Å². The largest absolute Gasteiger partial charge is 0.357 e. The predicted molar refractivity (Wildman–Crippen MR) is 107 cm³/mol. The van der Waals surface area contributed by atoms with E-state index in [1.807, 2.05) is 11.8 Å². The van der Waals surface area contributed by atoms with Crippen molar-refractivity contribution in [1.82, 2.24) is 14.9 Å². The summed E-state index contributed by atoms with van der Waals surface area (Å²) in [6, 6.07) is 6.53. The van der Waals surface area contributed by atoms with E-state index < -0.39 is 24.6 Å². The highest BCUT2D eigenvalue weighted by Gasteiger charge is 2.40. The molecule has 0 saturated carbocycles. The molecule has 1 fully saturated rings. The van der Waals surface area contributed by atoms with Gasteiger partial charge in [-0.2, -0.15) is 0 Å². The lowest BCUT2D eigenvalue weighted by atomic mass is 10.2. The van der Waals surface area contributed by atoms with Crippen LogP contribution in [0.2, 0.25) is 0 Å². The monoisotopic (exact) mass is 416 g/mol. The minimum absolute atomic E-state index is 0.0982. The molecular formula is C17H28N4O4S2. The average Bonchev–Trinajstić information content (AvgIpc) is 2.61. The Morgan fingerprint density at radius 2 is 1.89 bits per heavy atom. The van der Waals surface area contributed by atoms with Crippen LogP contribution in [0.25, 0.3) is 0 Å². The fourth-order valence-corrected chi connectivity index (χ4v) is 4.90. The molecule has 0 radical (unpaired) electrons. The number of guanidine groups is 1. The maximum absolute atomic E-state index is 12.2. The summed E-state index contributed by atoms with van der Waals surface area (Å²) >= 11 is 0. The minimum Gasteiger partial charge on any atom is -0.357 e. The van der Waals surface area contributed by atoms with E-state index in [0.717, 1.165) is 5.56 Å². The summed E-state index contributed by atoms with van der Waals surface area (Å²) in [6.07, 6.45) is 0. The normalized spacial score (nSPS) is 19.7. The number of nitrogens with one attached hydrogen (secondary N) is 2. The van der Waals surface area contributed by atoms with Crippen molar-refractivity contribution >= 4 is 25.8 Å². The second-order valence-electron chi connectivity index (χ2n) is 7.02. The summed E-state index contributed by atoms with van der Waals surface area (Å²) in [5.74, 6) is 0.758. The van der Waals surface area contributed by atoms with E-state index >= 15 is 0 Å². The standard InChI is InChI=1S/C17H28N4O4S2/c1-5-19-16(21-10-11-26(22,23)17(2,3)13-21)20-12-14-6-8-15(9-7-14)27(24,25)18-4/h6-9,18H,5,10-13H2,1-4H3,(H,19,20). The number of nitrogens with zero attached hydrogens (tertiary/aromatic N) is 2. The van der Waals surface area contributed by atoms with Gasteiger partial charge >= 0.3 is 0 Å². The fraction of sp³-hybridized carbons (Fsp3) is 0.588. The molecule has 1 heterocycles. The van der Waals surface area contributed by atoms with Gasteiger partial charge in [0.2, 0.25) is 10.0 Å². The van der Waals surface area contributed by atoms with Crippen LogP contribution in [-0.2, 0) is 26.4 Å². The van der Waals surface area contributed by atoms with Gasteiger partial charge in [-0.15, -0.1) is 0 Å². The second kappa shape index (κ2) is 8.15. The minimum atomic E-state index is -3.46. The van der Waals surface area contributed by atoms with Gasteiger partial charge in [0.15, 0.2) is 15.8 Å². The summed E-state index contributed by atoms with van der Waals surface area (Å²) in [4.78, 5) is 6.77. The van der Waals surface area contributed by atoms with E-state index in [2.05, 4.69) is 15.0 Å². The molecule has 1 aliphatic heterocycles. The molecule has 2 N–H and O–H groups in total. The van der Waals surface area contributed by atoms with Crippen LogP contribution in [0.4, 0.5) is 0 Å². The molecule has 1 aromatic carbocycles. The number of rotatable bonds is 5. The summed E-state index contributed by atoms with van der Waals surface area (Å²) < 4.78 is 49.4. The SMILES string of the molecule is CCNC(=NCc1ccc(S(=O)(=O)NC)cc1)N1CCS(=O)(=O)C(C)(C)C1. The van der Waals surface area contributed by atoms with E-state index in [9.17, 15) is 16.8 Å². The van der Waals surface area contributed by atoms with Crippen molar-refractivity contribution in [3.8, 4) is 0 Å². The van der Waals surface area contributed by atoms with Crippen molar-refractivity contribution in [2.45, 2.75) is 37.0 Å². The van der Waals surface area contributed by atoms with Gasteiger partial charge in [0, 0.05) is 19.6 Å². The summed E-state index contributed by atoms with van der Waals surface area (Å²) in [6.45, 7) is 7.24. The molecule has 152 valence electrons. The van der Waals surface area contributed by atoms with Gasteiger partial charge in [-0.1, -0.05) is 12.1 Å². The number of hydrogen-bond donors (Lipinski definition) is 2. The molecular weight excluding hydrogens is 388 g/mol. The zero-order valence-electron chi connectivity index (χ0n) is 16.2. The first kappa shape index (κ1) is 21.6. The third-order valence-corrected chi connectivity index (χ3v) is 8.55. The Morgan fingerprint density at radius 1 is 1.26 bits per heavy atom. The number of sulfone groups is 1. The Balaban J connectivity index is 2.17. The zero-order chi connectivity index (χ0) is 20.3. The lowest BCUT2D eigenvalue weighted by Crippen LogP contribution is -2.57. The lowest BCUT2D eigenvalue weighted by Gasteiger charge is -2.39. The van der Waals surface area contributed by atoms with Gasteiger partial charge in [-0.25, -0.2) is 26.6 Å². The van der Waals surface area contributed by atoms with Gasteiger partial charge in [-0.3, -0.25) is 0 Å². The van der Waals surface area contributed by atoms with Gasteiger partial charge in [0.05, 0.1) is 21.9 Å². The maximum atomic E-state index is 12.2. The molecule has 27 heavy (non-hydrogen) atoms. The summed E-state index contributed by atoms with van der Waals surface area (Å²) in [5, 5.41) is 3.21. The van der Waals surface area contributed by atoms with Crippen LogP contribution in [0, 0.1) is 0 Å². The highest BCUT2D eigenvalue weighted by molar-refractivity contribution is 7.92. The summed E-state index contributed by atoms with van der Waals surface area (Å²) in [7, 11) is -5.21. The van der Waals surface area contributed by atoms with Gasteiger partial charge in [0.25, 0.3) is 0 Å². The molecule has 0 spiro atoms. The zero-order valence-corrected chi connectivity index (χ0v) is 17.8. The molecule has 1 aliphatic rings. The number of sulfonamides is 1. The van der Waals surface area contributed by atoms with Gasteiger partial charge < -0.3 is 10.2 Å². The molecule has 1 aromatic rings. The van der Waals surface area contributed by atoms with Gasteiger partial charge in [0.1, 0.15) is 0 Å². The number of hydrogen-bond acceptors (Lipinski definition) is 5. The maximum Gasteiger partial charge on any atom is 0.240 e.